The molecule has 0 aliphatic carbocycles. The molecule has 1 N–H and O–H groups in total. The molecule has 7 nitrogen and oxygen atoms in total. The molecule has 0 bridgehead atoms. The first-order chi connectivity index (χ1) is 14.3. The number of benzene rings is 1. The zero-order chi connectivity index (χ0) is 19.9. The number of hydrogen-bond acceptors (Lipinski definition) is 6. The summed E-state index contributed by atoms with van der Waals surface area (Å²) < 4.78 is 5.76. The maximum Gasteiger partial charge on any atom is 0.321 e. The second-order valence-corrected chi connectivity index (χ2v) is 7.57. The van der Waals surface area contributed by atoms with E-state index in [1.54, 1.807) is 23.0 Å². The Labute approximate surface area is 174 Å². The van der Waals surface area contributed by atoms with E-state index in [4.69, 9.17) is 4.74 Å². The maximum absolute atomic E-state index is 12.6. The number of thiazole rings is 1. The fourth-order valence-corrected chi connectivity index (χ4v) is 3.73. The Kier molecular flexibility index (Phi) is 6.33. The SMILES string of the molecule is O=C(Nc1cccc(OCc2cscn2)c1)N1CCN(Cc2cccnc2)CC1. The molecule has 0 saturated carbocycles. The number of urea groups is 1. The molecule has 4 rings (SSSR count). The van der Waals surface area contributed by atoms with Gasteiger partial charge in [0.25, 0.3) is 0 Å². The predicted molar refractivity (Wildman–Crippen MR) is 113 cm³/mol. The Morgan fingerprint density at radius 1 is 1.17 bits per heavy atom. The van der Waals surface area contributed by atoms with Gasteiger partial charge in [0.1, 0.15) is 12.4 Å². The van der Waals surface area contributed by atoms with Crippen molar-refractivity contribution in [2.24, 2.45) is 0 Å². The zero-order valence-corrected chi connectivity index (χ0v) is 16.8. The van der Waals surface area contributed by atoms with Crippen LogP contribution < -0.4 is 10.1 Å². The smallest absolute Gasteiger partial charge is 0.321 e. The number of hydrogen-bond donors (Lipinski definition) is 1. The number of carbonyl (C=O) groups excluding carboxylic acids is 1. The minimum atomic E-state index is -0.0809. The van der Waals surface area contributed by atoms with Gasteiger partial charge >= 0.3 is 6.03 Å². The summed E-state index contributed by atoms with van der Waals surface area (Å²) in [6.07, 6.45) is 3.67. The number of piperazine rings is 1. The third-order valence-corrected chi connectivity index (χ3v) is 5.38. The lowest BCUT2D eigenvalue weighted by molar-refractivity contribution is 0.143. The summed E-state index contributed by atoms with van der Waals surface area (Å²) in [5.74, 6) is 0.706. The van der Waals surface area contributed by atoms with Crippen molar-refractivity contribution in [2.75, 3.05) is 31.5 Å². The number of amides is 2. The summed E-state index contributed by atoms with van der Waals surface area (Å²) >= 11 is 1.54. The molecule has 0 radical (unpaired) electrons. The van der Waals surface area contributed by atoms with E-state index < -0.39 is 0 Å². The molecule has 1 fully saturated rings. The molecule has 2 aromatic heterocycles. The fourth-order valence-electron chi connectivity index (χ4n) is 3.19. The summed E-state index contributed by atoms with van der Waals surface area (Å²) in [4.78, 5) is 25.2. The average molecular weight is 410 g/mol. The second kappa shape index (κ2) is 9.49. The van der Waals surface area contributed by atoms with Crippen LogP contribution >= 0.6 is 11.3 Å². The first-order valence-electron chi connectivity index (χ1n) is 9.53. The molecule has 8 heteroatoms. The van der Waals surface area contributed by atoms with Crippen molar-refractivity contribution >= 4 is 23.1 Å². The minimum Gasteiger partial charge on any atom is -0.487 e. The third-order valence-electron chi connectivity index (χ3n) is 4.74. The van der Waals surface area contributed by atoms with Crippen LogP contribution in [0.1, 0.15) is 11.3 Å². The predicted octanol–water partition coefficient (Wildman–Crippen LogP) is 3.47. The standard InChI is InChI=1S/C21H23N5O2S/c27-21(26-9-7-25(8-10-26)13-17-3-2-6-22-12-17)24-18-4-1-5-20(11-18)28-14-19-15-29-16-23-19/h1-6,11-12,15-16H,7-10,13-14H2,(H,24,27). The molecule has 150 valence electrons. The summed E-state index contributed by atoms with van der Waals surface area (Å²) in [5, 5.41) is 4.93. The second-order valence-electron chi connectivity index (χ2n) is 6.85. The van der Waals surface area contributed by atoms with Crippen LogP contribution in [0.5, 0.6) is 5.75 Å². The zero-order valence-electron chi connectivity index (χ0n) is 16.0. The number of nitrogens with zero attached hydrogens (tertiary/aromatic N) is 4. The Morgan fingerprint density at radius 3 is 2.83 bits per heavy atom. The lowest BCUT2D eigenvalue weighted by Gasteiger charge is -2.34. The van der Waals surface area contributed by atoms with Gasteiger partial charge in [0.05, 0.1) is 11.2 Å². The molecule has 0 spiro atoms. The van der Waals surface area contributed by atoms with Crippen LogP contribution in [0.4, 0.5) is 10.5 Å². The van der Waals surface area contributed by atoms with Crippen LogP contribution in [0, 0.1) is 0 Å². The van der Waals surface area contributed by atoms with Crippen LogP contribution in [0.25, 0.3) is 0 Å². The van der Waals surface area contributed by atoms with Gasteiger partial charge in [-0.3, -0.25) is 9.88 Å². The molecule has 1 saturated heterocycles. The number of carbonyl (C=O) groups is 1. The first-order valence-corrected chi connectivity index (χ1v) is 10.5. The van der Waals surface area contributed by atoms with E-state index >= 15 is 0 Å². The molecule has 3 heterocycles. The van der Waals surface area contributed by atoms with Gasteiger partial charge in [0.15, 0.2) is 0 Å². The monoisotopic (exact) mass is 409 g/mol. The highest BCUT2D eigenvalue weighted by molar-refractivity contribution is 7.07. The number of anilines is 1. The first kappa shape index (κ1) is 19.4. The summed E-state index contributed by atoms with van der Waals surface area (Å²) in [6.45, 7) is 4.37. The van der Waals surface area contributed by atoms with Gasteiger partial charge in [0, 0.05) is 62.3 Å². The highest BCUT2D eigenvalue weighted by atomic mass is 32.1. The summed E-state index contributed by atoms with van der Waals surface area (Å²) in [5.41, 5.74) is 4.60. The Hall–Kier alpha value is -2.97. The van der Waals surface area contributed by atoms with Gasteiger partial charge in [-0.05, 0) is 23.8 Å². The number of ether oxygens (including phenoxy) is 1. The largest absolute Gasteiger partial charge is 0.487 e. The number of rotatable bonds is 6. The quantitative estimate of drug-likeness (QED) is 0.675. The van der Waals surface area contributed by atoms with Crippen molar-refractivity contribution in [1.29, 1.82) is 0 Å². The van der Waals surface area contributed by atoms with Gasteiger partial charge < -0.3 is 15.0 Å². The van der Waals surface area contributed by atoms with Crippen molar-refractivity contribution in [3.05, 3.63) is 70.9 Å². The molecular weight excluding hydrogens is 386 g/mol. The van der Waals surface area contributed by atoms with Crippen molar-refractivity contribution in [1.82, 2.24) is 19.8 Å². The van der Waals surface area contributed by atoms with Gasteiger partial charge in [-0.2, -0.15) is 0 Å². The van der Waals surface area contributed by atoms with Gasteiger partial charge in [-0.25, -0.2) is 9.78 Å². The lowest BCUT2D eigenvalue weighted by Crippen LogP contribution is -2.49. The van der Waals surface area contributed by atoms with Gasteiger partial charge in [-0.15, -0.1) is 11.3 Å². The number of nitrogens with one attached hydrogen (secondary N) is 1. The topological polar surface area (TPSA) is 70.6 Å². The van der Waals surface area contributed by atoms with E-state index in [2.05, 4.69) is 26.3 Å². The number of aromatic nitrogens is 2. The molecule has 0 unspecified atom stereocenters. The van der Waals surface area contributed by atoms with Gasteiger partial charge in [0.2, 0.25) is 0 Å². The molecule has 1 aliphatic rings. The molecule has 0 atom stereocenters. The van der Waals surface area contributed by atoms with E-state index in [0.29, 0.717) is 25.4 Å². The van der Waals surface area contributed by atoms with E-state index in [1.807, 2.05) is 46.8 Å². The molecule has 3 aromatic rings. The van der Waals surface area contributed by atoms with Crippen molar-refractivity contribution < 1.29 is 9.53 Å². The lowest BCUT2D eigenvalue weighted by atomic mass is 10.2. The fraction of sp³-hybridized carbons (Fsp3) is 0.286. The summed E-state index contributed by atoms with van der Waals surface area (Å²) in [6, 6.07) is 11.4. The average Bonchev–Trinajstić information content (AvgIpc) is 3.28. The highest BCUT2D eigenvalue weighted by Gasteiger charge is 2.21. The van der Waals surface area contributed by atoms with E-state index in [0.717, 1.165) is 31.0 Å². The van der Waals surface area contributed by atoms with E-state index in [9.17, 15) is 4.79 Å². The highest BCUT2D eigenvalue weighted by Crippen LogP contribution is 2.19. The summed E-state index contributed by atoms with van der Waals surface area (Å²) in [7, 11) is 0. The Bertz CT molecular complexity index is 912. The van der Waals surface area contributed by atoms with Crippen LogP contribution in [-0.4, -0.2) is 52.0 Å². The van der Waals surface area contributed by atoms with E-state index in [-0.39, 0.29) is 6.03 Å². The van der Waals surface area contributed by atoms with Crippen molar-refractivity contribution in [3.63, 3.8) is 0 Å². The van der Waals surface area contributed by atoms with Crippen LogP contribution in [0.2, 0.25) is 0 Å². The Balaban J connectivity index is 1.26. The van der Waals surface area contributed by atoms with Crippen molar-refractivity contribution in [3.8, 4) is 5.75 Å². The molecule has 1 aliphatic heterocycles. The molecule has 29 heavy (non-hydrogen) atoms. The molecular formula is C21H23N5O2S. The van der Waals surface area contributed by atoms with Crippen molar-refractivity contribution in [2.45, 2.75) is 13.2 Å². The van der Waals surface area contributed by atoms with Gasteiger partial charge in [-0.1, -0.05) is 12.1 Å². The third kappa shape index (κ3) is 5.52. The molecule has 2 amide bonds. The normalized spacial score (nSPS) is 14.6. The Morgan fingerprint density at radius 2 is 2.07 bits per heavy atom. The maximum atomic E-state index is 12.6. The minimum absolute atomic E-state index is 0.0809. The van der Waals surface area contributed by atoms with Crippen LogP contribution in [-0.2, 0) is 13.2 Å². The molecule has 1 aromatic carbocycles. The number of pyridine rings is 1. The van der Waals surface area contributed by atoms with Crippen LogP contribution in [0.15, 0.2) is 59.7 Å². The van der Waals surface area contributed by atoms with Crippen LogP contribution in [0.3, 0.4) is 0 Å². The van der Waals surface area contributed by atoms with E-state index in [1.165, 1.54) is 5.56 Å².